The number of piperazine rings is 1. The van der Waals surface area contributed by atoms with Gasteiger partial charge in [0.2, 0.25) is 11.8 Å². The molecule has 0 aromatic heterocycles. The molecule has 2 aliphatic rings. The van der Waals surface area contributed by atoms with Crippen molar-refractivity contribution < 1.29 is 9.59 Å². The first-order chi connectivity index (χ1) is 8.15. The van der Waals surface area contributed by atoms with Crippen molar-refractivity contribution in [2.45, 2.75) is 58.0 Å². The zero-order chi connectivity index (χ0) is 12.4. The summed E-state index contributed by atoms with van der Waals surface area (Å²) in [5.74, 6) is 0.632. The number of nitrogens with one attached hydrogen (secondary N) is 1. The van der Waals surface area contributed by atoms with Crippen LogP contribution in [0.4, 0.5) is 0 Å². The summed E-state index contributed by atoms with van der Waals surface area (Å²) in [5, 5.41) is 2.69. The first-order valence-electron chi connectivity index (χ1n) is 6.74. The minimum Gasteiger partial charge on any atom is -0.345 e. The largest absolute Gasteiger partial charge is 0.345 e. The minimum absolute atomic E-state index is 0.0184. The van der Waals surface area contributed by atoms with Gasteiger partial charge < -0.3 is 10.2 Å². The first-order valence-corrected chi connectivity index (χ1v) is 6.74. The molecule has 3 unspecified atom stereocenters. The highest BCUT2D eigenvalue weighted by molar-refractivity contribution is 5.95. The van der Waals surface area contributed by atoms with Crippen molar-refractivity contribution in [3.63, 3.8) is 0 Å². The Hall–Kier alpha value is -1.06. The predicted octanol–water partition coefficient (Wildman–Crippen LogP) is 1.30. The monoisotopic (exact) mass is 238 g/mol. The summed E-state index contributed by atoms with van der Waals surface area (Å²) in [4.78, 5) is 25.8. The van der Waals surface area contributed by atoms with Crippen molar-refractivity contribution in [2.24, 2.45) is 5.92 Å². The van der Waals surface area contributed by atoms with Crippen LogP contribution in [0.2, 0.25) is 0 Å². The van der Waals surface area contributed by atoms with Crippen molar-refractivity contribution in [2.75, 3.05) is 6.54 Å². The molecule has 1 aliphatic heterocycles. The van der Waals surface area contributed by atoms with Gasteiger partial charge in [-0.2, -0.15) is 0 Å². The molecule has 2 fully saturated rings. The molecule has 0 aromatic rings. The number of hydrogen-bond acceptors (Lipinski definition) is 2. The van der Waals surface area contributed by atoms with Gasteiger partial charge in [0.15, 0.2) is 0 Å². The Morgan fingerprint density at radius 1 is 1.29 bits per heavy atom. The SMILES string of the molecule is CCC1C(=O)NCC(=O)N1C1CCCCC1C. The Labute approximate surface area is 103 Å². The van der Waals surface area contributed by atoms with E-state index in [1.807, 2.05) is 11.8 Å². The van der Waals surface area contributed by atoms with Gasteiger partial charge in [0.25, 0.3) is 0 Å². The fourth-order valence-electron chi connectivity index (χ4n) is 3.18. The van der Waals surface area contributed by atoms with Gasteiger partial charge in [-0.25, -0.2) is 0 Å². The molecule has 4 heteroatoms. The lowest BCUT2D eigenvalue weighted by Gasteiger charge is -2.44. The Bertz CT molecular complexity index is 317. The average Bonchev–Trinajstić information content (AvgIpc) is 2.33. The van der Waals surface area contributed by atoms with Crippen LogP contribution in [0.25, 0.3) is 0 Å². The summed E-state index contributed by atoms with van der Waals surface area (Å²) in [6.07, 6.45) is 5.36. The van der Waals surface area contributed by atoms with Crippen LogP contribution in [0, 0.1) is 5.92 Å². The van der Waals surface area contributed by atoms with Crippen LogP contribution in [0.3, 0.4) is 0 Å². The topological polar surface area (TPSA) is 49.4 Å². The van der Waals surface area contributed by atoms with E-state index in [4.69, 9.17) is 0 Å². The number of carbonyl (C=O) groups excluding carboxylic acids is 2. The van der Waals surface area contributed by atoms with E-state index in [-0.39, 0.29) is 30.4 Å². The van der Waals surface area contributed by atoms with Gasteiger partial charge in [-0.1, -0.05) is 26.7 Å². The van der Waals surface area contributed by atoms with Crippen LogP contribution in [-0.2, 0) is 9.59 Å². The van der Waals surface area contributed by atoms with Crippen LogP contribution in [0.15, 0.2) is 0 Å². The fraction of sp³-hybridized carbons (Fsp3) is 0.846. The maximum absolute atomic E-state index is 12.1. The Morgan fingerprint density at radius 2 is 2.00 bits per heavy atom. The molecular weight excluding hydrogens is 216 g/mol. The van der Waals surface area contributed by atoms with Crippen molar-refractivity contribution >= 4 is 11.8 Å². The molecule has 0 spiro atoms. The Kier molecular flexibility index (Phi) is 3.69. The maximum atomic E-state index is 12.1. The Balaban J connectivity index is 2.19. The second-order valence-electron chi connectivity index (χ2n) is 5.27. The quantitative estimate of drug-likeness (QED) is 0.788. The highest BCUT2D eigenvalue weighted by atomic mass is 16.2. The second-order valence-corrected chi connectivity index (χ2v) is 5.27. The number of carbonyl (C=O) groups is 2. The highest BCUT2D eigenvalue weighted by Gasteiger charge is 2.40. The van der Waals surface area contributed by atoms with Crippen molar-refractivity contribution in [3.8, 4) is 0 Å². The van der Waals surface area contributed by atoms with Gasteiger partial charge in [0.05, 0.1) is 6.54 Å². The summed E-state index contributed by atoms with van der Waals surface area (Å²) in [5.41, 5.74) is 0. The van der Waals surface area contributed by atoms with Gasteiger partial charge in [0, 0.05) is 6.04 Å². The summed E-state index contributed by atoms with van der Waals surface area (Å²) in [6.45, 7) is 4.36. The standard InChI is InChI=1S/C13H22N2O2/c1-3-10-13(17)14-8-12(16)15(10)11-7-5-4-6-9(11)2/h9-11H,3-8H2,1-2H3,(H,14,17). The van der Waals surface area contributed by atoms with Crippen LogP contribution in [0.1, 0.15) is 46.0 Å². The molecular formula is C13H22N2O2. The Morgan fingerprint density at radius 3 is 2.65 bits per heavy atom. The molecule has 17 heavy (non-hydrogen) atoms. The third-order valence-corrected chi connectivity index (χ3v) is 4.15. The molecule has 1 saturated carbocycles. The van der Waals surface area contributed by atoms with Gasteiger partial charge in [-0.05, 0) is 25.2 Å². The molecule has 3 atom stereocenters. The summed E-state index contributed by atoms with van der Waals surface area (Å²) < 4.78 is 0. The molecule has 1 saturated heterocycles. The lowest BCUT2D eigenvalue weighted by atomic mass is 9.83. The van der Waals surface area contributed by atoms with E-state index in [1.54, 1.807) is 0 Å². The van der Waals surface area contributed by atoms with Crippen LogP contribution in [-0.4, -0.2) is 35.3 Å². The van der Waals surface area contributed by atoms with E-state index in [2.05, 4.69) is 12.2 Å². The van der Waals surface area contributed by atoms with E-state index in [9.17, 15) is 9.59 Å². The first kappa shape index (κ1) is 12.4. The van der Waals surface area contributed by atoms with Crippen molar-refractivity contribution in [3.05, 3.63) is 0 Å². The zero-order valence-electron chi connectivity index (χ0n) is 10.7. The highest BCUT2D eigenvalue weighted by Crippen LogP contribution is 2.30. The smallest absolute Gasteiger partial charge is 0.243 e. The molecule has 0 bridgehead atoms. The number of amides is 2. The van der Waals surface area contributed by atoms with E-state index >= 15 is 0 Å². The number of hydrogen-bond donors (Lipinski definition) is 1. The lowest BCUT2D eigenvalue weighted by molar-refractivity contribution is -0.150. The fourth-order valence-corrected chi connectivity index (χ4v) is 3.18. The van der Waals surface area contributed by atoms with E-state index in [0.29, 0.717) is 12.3 Å². The van der Waals surface area contributed by atoms with Crippen molar-refractivity contribution in [1.82, 2.24) is 10.2 Å². The van der Waals surface area contributed by atoms with Crippen LogP contribution in [0.5, 0.6) is 0 Å². The van der Waals surface area contributed by atoms with E-state index in [1.165, 1.54) is 19.3 Å². The summed E-state index contributed by atoms with van der Waals surface area (Å²) in [7, 11) is 0. The average molecular weight is 238 g/mol. The molecule has 0 aromatic carbocycles. The third-order valence-electron chi connectivity index (χ3n) is 4.15. The molecule has 1 heterocycles. The number of rotatable bonds is 2. The number of nitrogens with zero attached hydrogens (tertiary/aromatic N) is 1. The minimum atomic E-state index is -0.248. The van der Waals surface area contributed by atoms with Crippen LogP contribution < -0.4 is 5.32 Å². The predicted molar refractivity (Wildman–Crippen MR) is 65.4 cm³/mol. The van der Waals surface area contributed by atoms with Crippen molar-refractivity contribution in [1.29, 1.82) is 0 Å². The molecule has 4 nitrogen and oxygen atoms in total. The van der Waals surface area contributed by atoms with E-state index in [0.717, 1.165) is 6.42 Å². The molecule has 2 amide bonds. The molecule has 2 rings (SSSR count). The van der Waals surface area contributed by atoms with Gasteiger partial charge in [-0.15, -0.1) is 0 Å². The van der Waals surface area contributed by atoms with Gasteiger partial charge >= 0.3 is 0 Å². The summed E-state index contributed by atoms with van der Waals surface area (Å²) in [6, 6.07) is 0.0223. The molecule has 1 N–H and O–H groups in total. The molecule has 1 aliphatic carbocycles. The van der Waals surface area contributed by atoms with Crippen LogP contribution >= 0.6 is 0 Å². The molecule has 96 valence electrons. The molecule has 0 radical (unpaired) electrons. The second kappa shape index (κ2) is 5.07. The third kappa shape index (κ3) is 2.31. The van der Waals surface area contributed by atoms with Gasteiger partial charge in [-0.3, -0.25) is 9.59 Å². The zero-order valence-corrected chi connectivity index (χ0v) is 10.7. The summed E-state index contributed by atoms with van der Waals surface area (Å²) >= 11 is 0. The van der Waals surface area contributed by atoms with Gasteiger partial charge in [0.1, 0.15) is 6.04 Å². The van der Waals surface area contributed by atoms with E-state index < -0.39 is 0 Å². The lowest BCUT2D eigenvalue weighted by Crippen LogP contribution is -2.62. The maximum Gasteiger partial charge on any atom is 0.243 e. The normalized spacial score (nSPS) is 34.7.